The molecule has 0 atom stereocenters. The molecule has 5 rings (SSSR count). The van der Waals surface area contributed by atoms with E-state index in [9.17, 15) is 10.1 Å². The number of hydrogen-bond acceptors (Lipinski definition) is 6. The highest BCUT2D eigenvalue weighted by molar-refractivity contribution is 7.21. The number of anilines is 2. The van der Waals surface area contributed by atoms with E-state index in [4.69, 9.17) is 0 Å². The molecule has 7 heteroatoms. The number of carbonyl (C=O) groups is 1. The first-order valence-electron chi connectivity index (χ1n) is 9.25. The van der Waals surface area contributed by atoms with Gasteiger partial charge in [0.1, 0.15) is 10.9 Å². The summed E-state index contributed by atoms with van der Waals surface area (Å²) in [6.07, 6.45) is 7.54. The predicted molar refractivity (Wildman–Crippen MR) is 119 cm³/mol. The van der Waals surface area contributed by atoms with Gasteiger partial charge in [0.05, 0.1) is 11.3 Å². The van der Waals surface area contributed by atoms with Crippen molar-refractivity contribution in [3.8, 4) is 16.5 Å². The number of rotatable bonds is 4. The number of nitrogens with one attached hydrogen (secondary N) is 2. The van der Waals surface area contributed by atoms with Gasteiger partial charge in [-0.2, -0.15) is 5.26 Å². The van der Waals surface area contributed by atoms with Crippen molar-refractivity contribution in [2.45, 2.75) is 6.92 Å². The minimum Gasteiger partial charge on any atom is -0.361 e. The van der Waals surface area contributed by atoms with Gasteiger partial charge in [-0.3, -0.25) is 9.78 Å². The molecule has 0 amide bonds. The van der Waals surface area contributed by atoms with Crippen molar-refractivity contribution in [1.82, 2.24) is 15.0 Å². The number of hydrogen-bond donors (Lipinski definition) is 2. The van der Waals surface area contributed by atoms with E-state index in [1.807, 2.05) is 30.5 Å². The zero-order chi connectivity index (χ0) is 20.7. The van der Waals surface area contributed by atoms with E-state index >= 15 is 0 Å². The molecule has 5 aromatic rings. The van der Waals surface area contributed by atoms with Crippen LogP contribution in [0.5, 0.6) is 0 Å². The number of carbonyl (C=O) groups excluding carboxylic acids is 1. The van der Waals surface area contributed by atoms with Crippen LogP contribution in [0.1, 0.15) is 21.5 Å². The van der Waals surface area contributed by atoms with Crippen LogP contribution in [0, 0.1) is 18.3 Å². The molecular formula is C23H15N5OS. The molecule has 2 N–H and O–H groups in total. The first kappa shape index (κ1) is 18.0. The largest absolute Gasteiger partial charge is 0.361 e. The SMILES string of the molecule is Cc1c(Nc2c(C#N)cnc3sc(-c4cncc(C=O)c4)cc23)ccc2[nH]ccc12. The molecule has 144 valence electrons. The third kappa shape index (κ3) is 2.91. The van der Waals surface area contributed by atoms with Gasteiger partial charge in [0.2, 0.25) is 0 Å². The fraction of sp³-hybridized carbons (Fsp3) is 0.0435. The zero-order valence-corrected chi connectivity index (χ0v) is 16.7. The minimum absolute atomic E-state index is 0.472. The number of fused-ring (bicyclic) bond motifs is 2. The van der Waals surface area contributed by atoms with Crippen LogP contribution < -0.4 is 5.32 Å². The van der Waals surface area contributed by atoms with Crippen LogP contribution >= 0.6 is 11.3 Å². The number of aldehydes is 1. The Balaban J connectivity index is 1.66. The van der Waals surface area contributed by atoms with Crippen LogP contribution in [-0.4, -0.2) is 21.2 Å². The van der Waals surface area contributed by atoms with Crippen LogP contribution in [0.4, 0.5) is 11.4 Å². The standard InChI is InChI=1S/C23H15N5OS/c1-13-17-4-5-26-20(17)3-2-19(13)28-22-16(8-24)11-27-23-18(22)7-21(30-23)15-6-14(12-29)9-25-10-15/h2-7,9-12,26H,1H3,(H,27,28). The highest BCUT2D eigenvalue weighted by Crippen LogP contribution is 2.39. The summed E-state index contributed by atoms with van der Waals surface area (Å²) in [7, 11) is 0. The summed E-state index contributed by atoms with van der Waals surface area (Å²) in [5, 5.41) is 15.1. The lowest BCUT2D eigenvalue weighted by Gasteiger charge is -2.12. The lowest BCUT2D eigenvalue weighted by molar-refractivity contribution is 0.112. The molecule has 0 fully saturated rings. The highest BCUT2D eigenvalue weighted by Gasteiger charge is 2.15. The van der Waals surface area contributed by atoms with Gasteiger partial charge >= 0.3 is 0 Å². The molecule has 30 heavy (non-hydrogen) atoms. The van der Waals surface area contributed by atoms with Gasteiger partial charge < -0.3 is 10.3 Å². The summed E-state index contributed by atoms with van der Waals surface area (Å²) in [5.74, 6) is 0. The Morgan fingerprint density at radius 1 is 1.17 bits per heavy atom. The fourth-order valence-electron chi connectivity index (χ4n) is 3.56. The second kappa shape index (κ2) is 7.10. The van der Waals surface area contributed by atoms with Crippen LogP contribution in [0.2, 0.25) is 0 Å². The Kier molecular flexibility index (Phi) is 4.27. The number of pyridine rings is 2. The third-order valence-corrected chi connectivity index (χ3v) is 6.22. The molecule has 0 saturated heterocycles. The molecule has 0 spiro atoms. The maximum Gasteiger partial charge on any atom is 0.151 e. The lowest BCUT2D eigenvalue weighted by atomic mass is 10.1. The van der Waals surface area contributed by atoms with Gasteiger partial charge in [-0.25, -0.2) is 4.98 Å². The van der Waals surface area contributed by atoms with E-state index in [0.717, 1.165) is 54.8 Å². The molecule has 0 unspecified atom stereocenters. The summed E-state index contributed by atoms with van der Waals surface area (Å²) in [4.78, 5) is 24.7. The van der Waals surface area contributed by atoms with Crippen molar-refractivity contribution >= 4 is 50.1 Å². The summed E-state index contributed by atoms with van der Waals surface area (Å²) in [6.45, 7) is 2.05. The van der Waals surface area contributed by atoms with Gasteiger partial charge in [0.15, 0.2) is 6.29 Å². The molecule has 0 bridgehead atoms. The van der Waals surface area contributed by atoms with E-state index < -0.39 is 0 Å². The van der Waals surface area contributed by atoms with Crippen LogP contribution in [-0.2, 0) is 0 Å². The summed E-state index contributed by atoms with van der Waals surface area (Å²) in [6, 6.07) is 12.1. The van der Waals surface area contributed by atoms with E-state index in [-0.39, 0.29) is 0 Å². The Morgan fingerprint density at radius 3 is 2.90 bits per heavy atom. The van der Waals surface area contributed by atoms with Gasteiger partial charge in [-0.05, 0) is 42.8 Å². The molecule has 6 nitrogen and oxygen atoms in total. The first-order chi connectivity index (χ1) is 14.7. The monoisotopic (exact) mass is 409 g/mol. The smallest absolute Gasteiger partial charge is 0.151 e. The van der Waals surface area contributed by atoms with Gasteiger partial charge in [0, 0.05) is 62.8 Å². The number of nitriles is 1. The van der Waals surface area contributed by atoms with Crippen molar-refractivity contribution in [3.05, 3.63) is 71.8 Å². The normalized spacial score (nSPS) is 10.9. The summed E-state index contributed by atoms with van der Waals surface area (Å²) >= 11 is 1.50. The second-order valence-corrected chi connectivity index (χ2v) is 7.95. The molecule has 0 radical (unpaired) electrons. The lowest BCUT2D eigenvalue weighted by Crippen LogP contribution is -1.97. The van der Waals surface area contributed by atoms with Crippen molar-refractivity contribution in [3.63, 3.8) is 0 Å². The number of aromatic nitrogens is 3. The topological polar surface area (TPSA) is 94.5 Å². The average molecular weight is 409 g/mol. The average Bonchev–Trinajstić information content (AvgIpc) is 3.43. The number of aromatic amines is 1. The molecule has 0 aliphatic rings. The molecule has 4 aromatic heterocycles. The van der Waals surface area contributed by atoms with Crippen molar-refractivity contribution in [2.24, 2.45) is 0 Å². The van der Waals surface area contributed by atoms with Crippen LogP contribution in [0.25, 0.3) is 31.6 Å². The molecule has 1 aromatic carbocycles. The Hall–Kier alpha value is -4.02. The molecule has 0 saturated carbocycles. The molecule has 4 heterocycles. The van der Waals surface area contributed by atoms with Crippen LogP contribution in [0.15, 0.2) is 55.1 Å². The maximum atomic E-state index is 11.1. The zero-order valence-electron chi connectivity index (χ0n) is 15.9. The van der Waals surface area contributed by atoms with E-state index in [1.165, 1.54) is 17.5 Å². The Labute approximate surface area is 175 Å². The maximum absolute atomic E-state index is 11.1. The van der Waals surface area contributed by atoms with Crippen molar-refractivity contribution in [1.29, 1.82) is 5.26 Å². The number of thiophene rings is 1. The number of aryl methyl sites for hydroxylation is 1. The third-order valence-electron chi connectivity index (χ3n) is 5.13. The Morgan fingerprint density at radius 2 is 2.07 bits per heavy atom. The van der Waals surface area contributed by atoms with Crippen molar-refractivity contribution in [2.75, 3.05) is 5.32 Å². The van der Waals surface area contributed by atoms with Gasteiger partial charge in [-0.15, -0.1) is 11.3 Å². The second-order valence-electron chi connectivity index (χ2n) is 6.91. The fourth-order valence-corrected chi connectivity index (χ4v) is 4.55. The molecule has 0 aliphatic heterocycles. The van der Waals surface area contributed by atoms with Gasteiger partial charge in [-0.1, -0.05) is 0 Å². The predicted octanol–water partition coefficient (Wildman–Crippen LogP) is 5.58. The number of H-pyrrole nitrogens is 1. The van der Waals surface area contributed by atoms with E-state index in [1.54, 1.807) is 18.5 Å². The minimum atomic E-state index is 0.472. The Bertz CT molecular complexity index is 1470. The summed E-state index contributed by atoms with van der Waals surface area (Å²) < 4.78 is 0. The van der Waals surface area contributed by atoms with E-state index in [0.29, 0.717) is 11.1 Å². The number of nitrogens with zero attached hydrogens (tertiary/aromatic N) is 3. The molecule has 0 aliphatic carbocycles. The van der Waals surface area contributed by atoms with E-state index in [2.05, 4.69) is 33.3 Å². The molecular weight excluding hydrogens is 394 g/mol. The highest BCUT2D eigenvalue weighted by atomic mass is 32.1. The van der Waals surface area contributed by atoms with Crippen molar-refractivity contribution < 1.29 is 4.79 Å². The first-order valence-corrected chi connectivity index (χ1v) is 10.1. The number of benzene rings is 1. The summed E-state index contributed by atoms with van der Waals surface area (Å²) in [5.41, 5.74) is 5.66. The van der Waals surface area contributed by atoms with Crippen LogP contribution in [0.3, 0.4) is 0 Å². The van der Waals surface area contributed by atoms with Gasteiger partial charge in [0.25, 0.3) is 0 Å². The quantitative estimate of drug-likeness (QED) is 0.378.